The van der Waals surface area contributed by atoms with Crippen LogP contribution in [-0.4, -0.2) is 51.3 Å². The number of anilines is 4. The van der Waals surface area contributed by atoms with E-state index in [0.717, 1.165) is 24.5 Å². The molecule has 39 heavy (non-hydrogen) atoms. The van der Waals surface area contributed by atoms with E-state index >= 15 is 0 Å². The summed E-state index contributed by atoms with van der Waals surface area (Å²) >= 11 is 0. The molecule has 0 aliphatic carbocycles. The first kappa shape index (κ1) is 28.8. The molecule has 1 aromatic carbocycles. The predicted octanol–water partition coefficient (Wildman–Crippen LogP) is 3.62. The van der Waals surface area contributed by atoms with E-state index in [2.05, 4.69) is 48.1 Å². The Kier molecular flexibility index (Phi) is 10.1. The van der Waals surface area contributed by atoms with Gasteiger partial charge >= 0.3 is 0 Å². The van der Waals surface area contributed by atoms with E-state index in [0.29, 0.717) is 36.2 Å². The van der Waals surface area contributed by atoms with Crippen LogP contribution >= 0.6 is 0 Å². The number of hydrogen-bond acceptors (Lipinski definition) is 8. The summed E-state index contributed by atoms with van der Waals surface area (Å²) in [6, 6.07) is 10.6. The SMILES string of the molecule is C=CC(=O)NC(C)(C)C(=O)Nc1cccc(NC(=O)c2cnc(NCCc3ccncc3)nc2NCCC)c1. The normalized spacial score (nSPS) is 10.7. The van der Waals surface area contributed by atoms with Gasteiger partial charge in [0.25, 0.3) is 5.91 Å². The van der Waals surface area contributed by atoms with Crippen LogP contribution in [0.1, 0.15) is 43.1 Å². The molecule has 0 saturated carbocycles. The summed E-state index contributed by atoms with van der Waals surface area (Å²) in [6.07, 6.45) is 7.70. The number of nitrogens with zero attached hydrogens (tertiary/aromatic N) is 3. The van der Waals surface area contributed by atoms with Crippen LogP contribution < -0.4 is 26.6 Å². The first-order chi connectivity index (χ1) is 18.7. The van der Waals surface area contributed by atoms with Crippen LogP contribution in [0.15, 0.2) is 67.6 Å². The molecule has 204 valence electrons. The van der Waals surface area contributed by atoms with Crippen LogP contribution in [0.4, 0.5) is 23.1 Å². The lowest BCUT2D eigenvalue weighted by atomic mass is 10.0. The number of carbonyl (C=O) groups is 3. The van der Waals surface area contributed by atoms with Gasteiger partial charge in [0.1, 0.15) is 16.9 Å². The fraction of sp³-hybridized carbons (Fsp3) is 0.286. The largest absolute Gasteiger partial charge is 0.369 e. The average molecular weight is 531 g/mol. The summed E-state index contributed by atoms with van der Waals surface area (Å²) in [6.45, 7) is 9.84. The van der Waals surface area contributed by atoms with Gasteiger partial charge in [0.2, 0.25) is 17.8 Å². The zero-order chi connectivity index (χ0) is 28.3. The van der Waals surface area contributed by atoms with E-state index in [1.807, 2.05) is 19.1 Å². The van der Waals surface area contributed by atoms with Gasteiger partial charge in [-0.2, -0.15) is 4.98 Å². The highest BCUT2D eigenvalue weighted by atomic mass is 16.2. The fourth-order valence-electron chi connectivity index (χ4n) is 3.46. The second kappa shape index (κ2) is 13.7. The zero-order valence-electron chi connectivity index (χ0n) is 22.4. The molecule has 11 heteroatoms. The van der Waals surface area contributed by atoms with E-state index in [1.165, 1.54) is 6.20 Å². The number of benzene rings is 1. The fourth-order valence-corrected chi connectivity index (χ4v) is 3.46. The molecule has 0 aliphatic rings. The Morgan fingerprint density at radius 3 is 2.41 bits per heavy atom. The minimum absolute atomic E-state index is 0.283. The van der Waals surface area contributed by atoms with Crippen LogP contribution in [0.2, 0.25) is 0 Å². The van der Waals surface area contributed by atoms with E-state index in [-0.39, 0.29) is 5.56 Å². The summed E-state index contributed by atoms with van der Waals surface area (Å²) < 4.78 is 0. The van der Waals surface area contributed by atoms with Gasteiger partial charge in [0.05, 0.1) is 0 Å². The summed E-state index contributed by atoms with van der Waals surface area (Å²) in [5.74, 6) is -0.456. The number of hydrogen-bond donors (Lipinski definition) is 5. The van der Waals surface area contributed by atoms with Crippen molar-refractivity contribution in [2.75, 3.05) is 34.4 Å². The zero-order valence-corrected chi connectivity index (χ0v) is 22.4. The van der Waals surface area contributed by atoms with E-state index in [1.54, 1.807) is 50.5 Å². The lowest BCUT2D eigenvalue weighted by molar-refractivity contribution is -0.126. The maximum atomic E-state index is 13.2. The lowest BCUT2D eigenvalue weighted by Crippen LogP contribution is -2.51. The molecule has 0 atom stereocenters. The van der Waals surface area contributed by atoms with Crippen LogP contribution in [0.5, 0.6) is 0 Å². The molecule has 0 saturated heterocycles. The number of carbonyl (C=O) groups excluding carboxylic acids is 3. The monoisotopic (exact) mass is 530 g/mol. The molecule has 0 unspecified atom stereocenters. The van der Waals surface area contributed by atoms with Gasteiger partial charge in [-0.1, -0.05) is 19.6 Å². The molecular weight excluding hydrogens is 496 g/mol. The van der Waals surface area contributed by atoms with Crippen molar-refractivity contribution in [1.29, 1.82) is 0 Å². The molecule has 3 aromatic rings. The molecule has 5 N–H and O–H groups in total. The highest BCUT2D eigenvalue weighted by Gasteiger charge is 2.28. The Morgan fingerprint density at radius 2 is 1.72 bits per heavy atom. The van der Waals surface area contributed by atoms with Crippen LogP contribution in [-0.2, 0) is 16.0 Å². The van der Waals surface area contributed by atoms with E-state index in [4.69, 9.17) is 0 Å². The predicted molar refractivity (Wildman–Crippen MR) is 153 cm³/mol. The maximum absolute atomic E-state index is 13.2. The van der Waals surface area contributed by atoms with Crippen LogP contribution in [0.3, 0.4) is 0 Å². The van der Waals surface area contributed by atoms with E-state index < -0.39 is 23.3 Å². The van der Waals surface area contributed by atoms with Gasteiger partial charge in [-0.25, -0.2) is 4.98 Å². The van der Waals surface area contributed by atoms with Crippen LogP contribution in [0, 0.1) is 0 Å². The van der Waals surface area contributed by atoms with Gasteiger partial charge in [0.15, 0.2) is 0 Å². The summed E-state index contributed by atoms with van der Waals surface area (Å²) in [4.78, 5) is 50.3. The number of aromatic nitrogens is 3. The number of nitrogens with one attached hydrogen (secondary N) is 5. The Balaban J connectivity index is 1.68. The standard InChI is InChI=1S/C28H34N8O3/c1-5-13-30-24-22(18-32-27(35-24)31-16-12-19-10-14-29-15-11-19)25(38)33-20-8-7-9-21(17-20)34-26(39)28(3,4)36-23(37)6-2/h6-11,14-15,17-18H,2,5,12-13,16H2,1,3-4H3,(H,33,38)(H,34,39)(H,36,37)(H2,30,31,32,35). The third kappa shape index (κ3) is 8.63. The minimum atomic E-state index is -1.17. The third-order valence-electron chi connectivity index (χ3n) is 5.59. The molecule has 2 heterocycles. The van der Waals surface area contributed by atoms with Gasteiger partial charge in [-0.05, 0) is 68.7 Å². The quantitative estimate of drug-likeness (QED) is 0.210. The lowest BCUT2D eigenvalue weighted by Gasteiger charge is -2.24. The Morgan fingerprint density at radius 1 is 1.00 bits per heavy atom. The summed E-state index contributed by atoms with van der Waals surface area (Å²) in [5.41, 5.74) is 1.17. The van der Waals surface area contributed by atoms with Crippen molar-refractivity contribution >= 4 is 40.9 Å². The highest BCUT2D eigenvalue weighted by molar-refractivity contribution is 6.08. The molecule has 0 radical (unpaired) electrons. The topological polar surface area (TPSA) is 150 Å². The van der Waals surface area contributed by atoms with Crippen molar-refractivity contribution in [2.24, 2.45) is 0 Å². The van der Waals surface area contributed by atoms with E-state index in [9.17, 15) is 14.4 Å². The summed E-state index contributed by atoms with van der Waals surface area (Å²) in [5, 5.41) is 14.6. The second-order valence-corrected chi connectivity index (χ2v) is 9.22. The van der Waals surface area contributed by atoms with Gasteiger partial charge < -0.3 is 26.6 Å². The van der Waals surface area contributed by atoms with Gasteiger partial charge in [-0.3, -0.25) is 19.4 Å². The second-order valence-electron chi connectivity index (χ2n) is 9.22. The number of amides is 3. The van der Waals surface area contributed by atoms with Crippen molar-refractivity contribution in [1.82, 2.24) is 20.3 Å². The molecule has 2 aromatic heterocycles. The van der Waals surface area contributed by atoms with Crippen molar-refractivity contribution in [2.45, 2.75) is 39.2 Å². The first-order valence-electron chi connectivity index (χ1n) is 12.6. The van der Waals surface area contributed by atoms with Crippen molar-refractivity contribution in [3.8, 4) is 0 Å². The Hall–Kier alpha value is -4.80. The number of rotatable bonds is 13. The third-order valence-corrected chi connectivity index (χ3v) is 5.59. The Bertz CT molecular complexity index is 1310. The van der Waals surface area contributed by atoms with Crippen molar-refractivity contribution in [3.05, 3.63) is 78.8 Å². The molecule has 0 spiro atoms. The van der Waals surface area contributed by atoms with Gasteiger partial charge in [-0.15, -0.1) is 0 Å². The molecule has 0 bridgehead atoms. The Labute approximate surface area is 227 Å². The van der Waals surface area contributed by atoms with Crippen LogP contribution in [0.25, 0.3) is 0 Å². The molecular formula is C28H34N8O3. The average Bonchev–Trinajstić information content (AvgIpc) is 2.92. The summed E-state index contributed by atoms with van der Waals surface area (Å²) in [7, 11) is 0. The number of pyridine rings is 1. The smallest absolute Gasteiger partial charge is 0.260 e. The first-order valence-corrected chi connectivity index (χ1v) is 12.6. The molecule has 3 rings (SSSR count). The molecule has 0 fully saturated rings. The minimum Gasteiger partial charge on any atom is -0.369 e. The van der Waals surface area contributed by atoms with Gasteiger partial charge in [0, 0.05) is 43.1 Å². The molecule has 0 aliphatic heterocycles. The van der Waals surface area contributed by atoms with Crippen molar-refractivity contribution in [3.63, 3.8) is 0 Å². The maximum Gasteiger partial charge on any atom is 0.260 e. The molecule has 11 nitrogen and oxygen atoms in total. The highest BCUT2D eigenvalue weighted by Crippen LogP contribution is 2.20. The molecule has 3 amide bonds. The van der Waals surface area contributed by atoms with Crippen molar-refractivity contribution < 1.29 is 14.4 Å².